The SMILES string of the molecule is Cc1cccc(N2CCN(C(=O)CN3C(=O)CCSc4ccccc43)C[C@@H]2C)c1. The molecular weight excluding hydrogens is 382 g/mol. The van der Waals surface area contributed by atoms with E-state index >= 15 is 0 Å². The molecular formula is C23H27N3O2S. The lowest BCUT2D eigenvalue weighted by Crippen LogP contribution is -2.55. The van der Waals surface area contributed by atoms with Crippen LogP contribution >= 0.6 is 11.8 Å². The van der Waals surface area contributed by atoms with Gasteiger partial charge in [0.25, 0.3) is 0 Å². The van der Waals surface area contributed by atoms with Crippen LogP contribution in [0, 0.1) is 6.92 Å². The molecule has 2 amide bonds. The van der Waals surface area contributed by atoms with Gasteiger partial charge >= 0.3 is 0 Å². The average Bonchev–Trinajstić information content (AvgIpc) is 2.87. The summed E-state index contributed by atoms with van der Waals surface area (Å²) >= 11 is 1.69. The lowest BCUT2D eigenvalue weighted by atomic mass is 10.1. The molecule has 2 aromatic rings. The van der Waals surface area contributed by atoms with E-state index in [-0.39, 0.29) is 24.4 Å². The van der Waals surface area contributed by atoms with Crippen LogP contribution in [0.5, 0.6) is 0 Å². The number of hydrogen-bond acceptors (Lipinski definition) is 4. The van der Waals surface area contributed by atoms with E-state index in [0.29, 0.717) is 19.5 Å². The van der Waals surface area contributed by atoms with E-state index in [9.17, 15) is 9.59 Å². The third-order valence-corrected chi connectivity index (χ3v) is 6.70. The summed E-state index contributed by atoms with van der Waals surface area (Å²) in [6.07, 6.45) is 0.462. The summed E-state index contributed by atoms with van der Waals surface area (Å²) in [5.41, 5.74) is 3.31. The molecule has 29 heavy (non-hydrogen) atoms. The highest BCUT2D eigenvalue weighted by Crippen LogP contribution is 2.34. The van der Waals surface area contributed by atoms with Gasteiger partial charge in [-0.05, 0) is 43.7 Å². The Morgan fingerprint density at radius 2 is 1.97 bits per heavy atom. The number of amides is 2. The highest BCUT2D eigenvalue weighted by molar-refractivity contribution is 7.99. The zero-order chi connectivity index (χ0) is 20.4. The zero-order valence-corrected chi connectivity index (χ0v) is 17.8. The summed E-state index contributed by atoms with van der Waals surface area (Å²) < 4.78 is 0. The predicted molar refractivity (Wildman–Crippen MR) is 119 cm³/mol. The Bertz CT molecular complexity index is 917. The lowest BCUT2D eigenvalue weighted by molar-refractivity contribution is -0.132. The minimum absolute atomic E-state index is 0.0239. The molecule has 0 bridgehead atoms. The molecule has 2 heterocycles. The third kappa shape index (κ3) is 4.27. The number of piperazine rings is 1. The first-order valence-corrected chi connectivity index (χ1v) is 11.1. The van der Waals surface area contributed by atoms with Crippen molar-refractivity contribution in [1.82, 2.24) is 4.90 Å². The quantitative estimate of drug-likeness (QED) is 0.778. The molecule has 0 N–H and O–H groups in total. The van der Waals surface area contributed by atoms with Gasteiger partial charge in [0, 0.05) is 48.4 Å². The number of anilines is 2. The van der Waals surface area contributed by atoms with Gasteiger partial charge < -0.3 is 14.7 Å². The molecule has 0 unspecified atom stereocenters. The lowest BCUT2D eigenvalue weighted by Gasteiger charge is -2.42. The maximum atomic E-state index is 13.1. The number of fused-ring (bicyclic) bond motifs is 1. The minimum atomic E-state index is 0.0239. The van der Waals surface area contributed by atoms with Crippen molar-refractivity contribution >= 4 is 35.0 Å². The van der Waals surface area contributed by atoms with Crippen molar-refractivity contribution in [3.05, 3.63) is 54.1 Å². The number of thioether (sulfide) groups is 1. The molecule has 1 saturated heterocycles. The second kappa shape index (κ2) is 8.49. The Morgan fingerprint density at radius 1 is 1.14 bits per heavy atom. The number of aryl methyl sites for hydroxylation is 1. The van der Waals surface area contributed by atoms with E-state index in [2.05, 4.69) is 43.0 Å². The van der Waals surface area contributed by atoms with Crippen LogP contribution in [0.1, 0.15) is 18.9 Å². The van der Waals surface area contributed by atoms with Gasteiger partial charge in [-0.15, -0.1) is 11.8 Å². The van der Waals surface area contributed by atoms with Crippen LogP contribution in [0.3, 0.4) is 0 Å². The molecule has 2 aromatic carbocycles. The van der Waals surface area contributed by atoms with Gasteiger partial charge in [-0.1, -0.05) is 24.3 Å². The first kappa shape index (κ1) is 19.8. The van der Waals surface area contributed by atoms with Gasteiger partial charge in [0.1, 0.15) is 6.54 Å². The van der Waals surface area contributed by atoms with Crippen LogP contribution in [0.2, 0.25) is 0 Å². The second-order valence-electron chi connectivity index (χ2n) is 7.77. The number of carbonyl (C=O) groups is 2. The summed E-state index contributed by atoms with van der Waals surface area (Å²) in [6, 6.07) is 16.6. The van der Waals surface area contributed by atoms with E-state index in [1.807, 2.05) is 29.2 Å². The van der Waals surface area contributed by atoms with Crippen LogP contribution in [0.25, 0.3) is 0 Å². The summed E-state index contributed by atoms with van der Waals surface area (Å²) in [7, 11) is 0. The monoisotopic (exact) mass is 409 g/mol. The molecule has 2 aliphatic heterocycles. The van der Waals surface area contributed by atoms with Crippen LogP contribution in [-0.2, 0) is 9.59 Å². The minimum Gasteiger partial charge on any atom is -0.365 e. The highest BCUT2D eigenvalue weighted by Gasteiger charge is 2.30. The van der Waals surface area contributed by atoms with E-state index in [1.165, 1.54) is 11.3 Å². The maximum Gasteiger partial charge on any atom is 0.242 e. The van der Waals surface area contributed by atoms with Crippen LogP contribution in [0.15, 0.2) is 53.4 Å². The molecule has 5 nitrogen and oxygen atoms in total. The molecule has 152 valence electrons. The number of hydrogen-bond donors (Lipinski definition) is 0. The number of para-hydroxylation sites is 1. The Balaban J connectivity index is 1.45. The fourth-order valence-corrected chi connectivity index (χ4v) is 5.10. The molecule has 0 aromatic heterocycles. The fourth-order valence-electron chi connectivity index (χ4n) is 4.10. The third-order valence-electron chi connectivity index (χ3n) is 5.64. The molecule has 0 saturated carbocycles. The van der Waals surface area contributed by atoms with E-state index in [4.69, 9.17) is 0 Å². The van der Waals surface area contributed by atoms with Gasteiger partial charge in [-0.2, -0.15) is 0 Å². The van der Waals surface area contributed by atoms with Crippen LogP contribution < -0.4 is 9.80 Å². The van der Waals surface area contributed by atoms with Gasteiger partial charge in [0.2, 0.25) is 11.8 Å². The van der Waals surface area contributed by atoms with Crippen molar-refractivity contribution in [2.75, 3.05) is 41.7 Å². The first-order valence-electron chi connectivity index (χ1n) is 10.2. The smallest absolute Gasteiger partial charge is 0.242 e. The van der Waals surface area contributed by atoms with Crippen LogP contribution in [0.4, 0.5) is 11.4 Å². The Labute approximate surface area is 176 Å². The molecule has 4 rings (SSSR count). The summed E-state index contributed by atoms with van der Waals surface area (Å²) in [5, 5.41) is 0. The van der Waals surface area contributed by atoms with Crippen molar-refractivity contribution in [1.29, 1.82) is 0 Å². The number of benzene rings is 2. The van der Waals surface area contributed by atoms with Crippen molar-refractivity contribution < 1.29 is 9.59 Å². The van der Waals surface area contributed by atoms with Gasteiger partial charge in [0.05, 0.1) is 5.69 Å². The zero-order valence-electron chi connectivity index (χ0n) is 17.0. The summed E-state index contributed by atoms with van der Waals surface area (Å²) in [5.74, 6) is 0.810. The predicted octanol–water partition coefficient (Wildman–Crippen LogP) is 3.56. The number of rotatable bonds is 3. The molecule has 0 radical (unpaired) electrons. The van der Waals surface area contributed by atoms with Crippen LogP contribution in [-0.4, -0.2) is 54.7 Å². The molecule has 2 aliphatic rings. The van der Waals surface area contributed by atoms with Gasteiger partial charge in [-0.25, -0.2) is 0 Å². The first-order chi connectivity index (χ1) is 14.0. The molecule has 0 aliphatic carbocycles. The van der Waals surface area contributed by atoms with Crippen molar-refractivity contribution in [2.45, 2.75) is 31.2 Å². The van der Waals surface area contributed by atoms with Crippen molar-refractivity contribution in [2.24, 2.45) is 0 Å². The normalized spacial score (nSPS) is 19.7. The molecule has 0 spiro atoms. The van der Waals surface area contributed by atoms with Crippen molar-refractivity contribution in [3.8, 4) is 0 Å². The summed E-state index contributed by atoms with van der Waals surface area (Å²) in [4.78, 5) is 32.8. The average molecular weight is 410 g/mol. The molecule has 1 fully saturated rings. The van der Waals surface area contributed by atoms with Gasteiger partial charge in [-0.3, -0.25) is 9.59 Å². The largest absolute Gasteiger partial charge is 0.365 e. The van der Waals surface area contributed by atoms with E-state index in [0.717, 1.165) is 22.9 Å². The fraction of sp³-hybridized carbons (Fsp3) is 0.391. The Morgan fingerprint density at radius 3 is 2.76 bits per heavy atom. The maximum absolute atomic E-state index is 13.1. The standard InChI is InChI=1S/C23H27N3O2S/c1-17-6-5-7-19(14-17)25-12-11-24(15-18(25)2)23(28)16-26-20-8-3-4-9-21(20)29-13-10-22(26)27/h3-9,14,18H,10-13,15-16H2,1-2H3/t18-/m0/s1. The second-order valence-corrected chi connectivity index (χ2v) is 8.90. The summed E-state index contributed by atoms with van der Waals surface area (Å²) in [6.45, 7) is 6.53. The highest BCUT2D eigenvalue weighted by atomic mass is 32.2. The topological polar surface area (TPSA) is 43.9 Å². The van der Waals surface area contributed by atoms with Gasteiger partial charge in [0.15, 0.2) is 0 Å². The number of carbonyl (C=O) groups excluding carboxylic acids is 2. The molecule has 6 heteroatoms. The number of nitrogens with zero attached hydrogens (tertiary/aromatic N) is 3. The Kier molecular flexibility index (Phi) is 5.81. The molecule has 1 atom stereocenters. The van der Waals surface area contributed by atoms with Crippen molar-refractivity contribution in [3.63, 3.8) is 0 Å². The van der Waals surface area contributed by atoms with E-state index < -0.39 is 0 Å². The Hall–Kier alpha value is -2.47. The van der Waals surface area contributed by atoms with E-state index in [1.54, 1.807) is 16.7 Å².